The molecule has 4 N–H and O–H groups in total. The summed E-state index contributed by atoms with van der Waals surface area (Å²) in [5.41, 5.74) is 6.20. The van der Waals surface area contributed by atoms with E-state index in [-0.39, 0.29) is 36.4 Å². The number of benzene rings is 2. The number of carbonyl (C=O) groups is 2. The maximum atomic E-state index is 13.4. The second-order valence-corrected chi connectivity index (χ2v) is 5.26. The Morgan fingerprint density at radius 2 is 1.96 bits per heavy atom. The number of nitrogens with one attached hydrogen (secondary N) is 1. The molecule has 1 amide bonds. The highest BCUT2D eigenvalue weighted by Gasteiger charge is 2.12. The van der Waals surface area contributed by atoms with E-state index in [1.807, 2.05) is 30.3 Å². The van der Waals surface area contributed by atoms with Crippen LogP contribution in [-0.4, -0.2) is 23.7 Å². The van der Waals surface area contributed by atoms with Gasteiger partial charge >= 0.3 is 12.1 Å². The Hall–Kier alpha value is -3.53. The Morgan fingerprint density at radius 3 is 2.65 bits per heavy atom. The van der Waals surface area contributed by atoms with Gasteiger partial charge in [0.1, 0.15) is 12.4 Å². The lowest BCUT2D eigenvalue weighted by Gasteiger charge is -2.05. The monoisotopic (exact) mass is 356 g/mol. The summed E-state index contributed by atoms with van der Waals surface area (Å²) in [5, 5.41) is 11.5. The van der Waals surface area contributed by atoms with Crippen molar-refractivity contribution in [2.75, 3.05) is 12.3 Å². The average Bonchev–Trinajstić information content (AvgIpc) is 2.62. The van der Waals surface area contributed by atoms with E-state index in [0.717, 1.165) is 17.7 Å². The van der Waals surface area contributed by atoms with E-state index in [9.17, 15) is 14.0 Å². The van der Waals surface area contributed by atoms with Crippen molar-refractivity contribution in [3.8, 4) is 11.8 Å². The standard InChI is InChI=1S/C19H17FN2O4/c20-15-10-14(17(21)16(11-15)18(23)24)8-4-5-9-22-19(25)26-12-13-6-2-1-3-7-13/h1-3,6-7,10-11H,5,9,12,21H2,(H,22,25)(H,23,24). The summed E-state index contributed by atoms with van der Waals surface area (Å²) >= 11 is 0. The number of amides is 1. The number of nitrogen functional groups attached to an aromatic ring is 1. The highest BCUT2D eigenvalue weighted by Crippen LogP contribution is 2.19. The molecule has 0 spiro atoms. The Labute approximate surface area is 149 Å². The Morgan fingerprint density at radius 1 is 1.23 bits per heavy atom. The summed E-state index contributed by atoms with van der Waals surface area (Å²) in [7, 11) is 0. The third-order valence-electron chi connectivity index (χ3n) is 3.33. The minimum Gasteiger partial charge on any atom is -0.478 e. The minimum absolute atomic E-state index is 0.0917. The fourth-order valence-electron chi connectivity index (χ4n) is 2.06. The summed E-state index contributed by atoms with van der Waals surface area (Å²) in [4.78, 5) is 22.5. The van der Waals surface area contributed by atoms with Crippen molar-refractivity contribution in [2.24, 2.45) is 0 Å². The van der Waals surface area contributed by atoms with Crippen LogP contribution >= 0.6 is 0 Å². The molecule has 2 rings (SSSR count). The van der Waals surface area contributed by atoms with Gasteiger partial charge in [-0.1, -0.05) is 42.2 Å². The van der Waals surface area contributed by atoms with Crippen LogP contribution < -0.4 is 11.1 Å². The molecular weight excluding hydrogens is 339 g/mol. The number of anilines is 1. The fraction of sp³-hybridized carbons (Fsp3) is 0.158. The van der Waals surface area contributed by atoms with E-state index >= 15 is 0 Å². The fourth-order valence-corrected chi connectivity index (χ4v) is 2.06. The molecule has 0 bridgehead atoms. The summed E-state index contributed by atoms with van der Waals surface area (Å²) in [6.07, 6.45) is -0.312. The van der Waals surface area contributed by atoms with Crippen LogP contribution in [0.2, 0.25) is 0 Å². The Balaban J connectivity index is 1.82. The van der Waals surface area contributed by atoms with Gasteiger partial charge in [-0.2, -0.15) is 0 Å². The highest BCUT2D eigenvalue weighted by molar-refractivity contribution is 5.95. The molecule has 0 aliphatic heterocycles. The third-order valence-corrected chi connectivity index (χ3v) is 3.33. The van der Waals surface area contributed by atoms with Gasteiger partial charge in [0.05, 0.1) is 16.8 Å². The van der Waals surface area contributed by atoms with Crippen molar-refractivity contribution in [3.63, 3.8) is 0 Å². The van der Waals surface area contributed by atoms with Crippen LogP contribution in [0.25, 0.3) is 0 Å². The number of nitrogens with two attached hydrogens (primary N) is 1. The van der Waals surface area contributed by atoms with E-state index in [0.29, 0.717) is 0 Å². The van der Waals surface area contributed by atoms with Gasteiger partial charge in [-0.15, -0.1) is 0 Å². The highest BCUT2D eigenvalue weighted by atomic mass is 19.1. The SMILES string of the molecule is Nc1c(C#CCCNC(=O)OCc2ccccc2)cc(F)cc1C(=O)O. The van der Waals surface area contributed by atoms with Gasteiger partial charge < -0.3 is 20.9 Å². The molecule has 0 aromatic heterocycles. The molecule has 134 valence electrons. The largest absolute Gasteiger partial charge is 0.478 e. The zero-order chi connectivity index (χ0) is 18.9. The molecule has 0 aliphatic rings. The predicted octanol–water partition coefficient (Wildman–Crippen LogP) is 2.77. The second-order valence-electron chi connectivity index (χ2n) is 5.26. The van der Waals surface area contributed by atoms with Crippen molar-refractivity contribution in [1.29, 1.82) is 0 Å². The molecule has 0 atom stereocenters. The van der Waals surface area contributed by atoms with Crippen LogP contribution in [0.5, 0.6) is 0 Å². The number of alkyl carbamates (subject to hydrolysis) is 1. The van der Waals surface area contributed by atoms with Crippen LogP contribution in [0.15, 0.2) is 42.5 Å². The predicted molar refractivity (Wildman–Crippen MR) is 93.9 cm³/mol. The van der Waals surface area contributed by atoms with Gasteiger partial charge in [-0.05, 0) is 17.7 Å². The number of carboxylic acids is 1. The Kier molecular flexibility index (Phi) is 6.57. The number of hydrogen-bond acceptors (Lipinski definition) is 4. The maximum Gasteiger partial charge on any atom is 0.407 e. The first-order valence-corrected chi connectivity index (χ1v) is 7.73. The normalized spacial score (nSPS) is 9.73. The first-order chi connectivity index (χ1) is 12.5. The van der Waals surface area contributed by atoms with Crippen LogP contribution in [0.3, 0.4) is 0 Å². The molecule has 0 saturated heterocycles. The van der Waals surface area contributed by atoms with Crippen LogP contribution in [0.4, 0.5) is 14.9 Å². The van der Waals surface area contributed by atoms with Crippen LogP contribution in [0, 0.1) is 17.7 Å². The number of carboxylic acid groups (broad SMARTS) is 1. The molecule has 0 unspecified atom stereocenters. The van der Waals surface area contributed by atoms with Gasteiger partial charge in [0.25, 0.3) is 0 Å². The van der Waals surface area contributed by atoms with E-state index < -0.39 is 17.9 Å². The van der Waals surface area contributed by atoms with Gasteiger partial charge in [0.15, 0.2) is 0 Å². The minimum atomic E-state index is -1.33. The molecule has 0 fully saturated rings. The van der Waals surface area contributed by atoms with Crippen LogP contribution in [-0.2, 0) is 11.3 Å². The number of halogens is 1. The van der Waals surface area contributed by atoms with Gasteiger partial charge in [-0.3, -0.25) is 0 Å². The number of rotatable bonds is 5. The topological polar surface area (TPSA) is 102 Å². The molecule has 7 heteroatoms. The maximum absolute atomic E-state index is 13.4. The first kappa shape index (κ1) is 18.8. The number of aromatic carboxylic acids is 1. The van der Waals surface area contributed by atoms with E-state index in [1.54, 1.807) is 0 Å². The van der Waals surface area contributed by atoms with E-state index in [2.05, 4.69) is 17.2 Å². The molecule has 0 radical (unpaired) electrons. The molecule has 2 aromatic carbocycles. The van der Waals surface area contributed by atoms with Crippen molar-refractivity contribution in [1.82, 2.24) is 5.32 Å². The van der Waals surface area contributed by atoms with Crippen molar-refractivity contribution < 1.29 is 23.8 Å². The smallest absolute Gasteiger partial charge is 0.407 e. The van der Waals surface area contributed by atoms with E-state index in [1.165, 1.54) is 0 Å². The third kappa shape index (κ3) is 5.53. The van der Waals surface area contributed by atoms with E-state index in [4.69, 9.17) is 15.6 Å². The second kappa shape index (κ2) is 9.08. The van der Waals surface area contributed by atoms with Crippen molar-refractivity contribution in [2.45, 2.75) is 13.0 Å². The lowest BCUT2D eigenvalue weighted by Crippen LogP contribution is -2.24. The summed E-state index contributed by atoms with van der Waals surface area (Å²) in [6, 6.07) is 11.2. The number of hydrogen-bond donors (Lipinski definition) is 3. The van der Waals surface area contributed by atoms with Crippen molar-refractivity contribution >= 4 is 17.7 Å². The number of carbonyl (C=O) groups excluding carboxylic acids is 1. The zero-order valence-corrected chi connectivity index (χ0v) is 13.8. The average molecular weight is 356 g/mol. The number of ether oxygens (including phenoxy) is 1. The molecule has 0 heterocycles. The van der Waals surface area contributed by atoms with Gasteiger partial charge in [-0.25, -0.2) is 14.0 Å². The Bertz CT molecular complexity index is 857. The zero-order valence-electron chi connectivity index (χ0n) is 13.8. The summed E-state index contributed by atoms with van der Waals surface area (Å²) in [5.74, 6) is 3.26. The quantitative estimate of drug-likeness (QED) is 0.434. The molecule has 0 aliphatic carbocycles. The van der Waals surface area contributed by atoms with Crippen LogP contribution in [0.1, 0.15) is 27.9 Å². The molecule has 0 saturated carbocycles. The molecule has 2 aromatic rings. The summed E-state index contributed by atoms with van der Waals surface area (Å²) in [6.45, 7) is 0.387. The lowest BCUT2D eigenvalue weighted by molar-refractivity contribution is 0.0697. The summed E-state index contributed by atoms with van der Waals surface area (Å²) < 4.78 is 18.5. The molecule has 26 heavy (non-hydrogen) atoms. The van der Waals surface area contributed by atoms with Gasteiger partial charge in [0.2, 0.25) is 0 Å². The van der Waals surface area contributed by atoms with Crippen molar-refractivity contribution in [3.05, 3.63) is 65.0 Å². The molecule has 6 nitrogen and oxygen atoms in total. The first-order valence-electron chi connectivity index (χ1n) is 7.73. The molecular formula is C19H17FN2O4. The lowest BCUT2D eigenvalue weighted by atomic mass is 10.1. The van der Waals surface area contributed by atoms with Gasteiger partial charge in [0, 0.05) is 13.0 Å².